The molecule has 9 nitrogen and oxygen atoms in total. The second-order valence-corrected chi connectivity index (χ2v) is 12.6. The third-order valence-electron chi connectivity index (χ3n) is 9.71. The van der Waals surface area contributed by atoms with E-state index in [2.05, 4.69) is 77.5 Å². The van der Waals surface area contributed by atoms with Gasteiger partial charge in [0.25, 0.3) is 11.9 Å². The Morgan fingerprint density at radius 1 is 0.766 bits per heavy atom. The molecule has 0 saturated carbocycles. The predicted octanol–water partition coefficient (Wildman–Crippen LogP) is 4.09. The van der Waals surface area contributed by atoms with Gasteiger partial charge in [-0.15, -0.1) is 0 Å². The highest BCUT2D eigenvalue weighted by atomic mass is 16.5. The molecule has 4 atom stereocenters. The molecule has 0 spiro atoms. The Kier molecular flexibility index (Phi) is 6.58. The minimum atomic E-state index is -0.260. The summed E-state index contributed by atoms with van der Waals surface area (Å²) in [5, 5.41) is 11.5. The molecular formula is C38H33N7O2. The molecule has 0 saturated heterocycles. The molecular weight excluding hydrogens is 586 g/mol. The van der Waals surface area contributed by atoms with Crippen molar-refractivity contribution < 1.29 is 9.53 Å². The fourth-order valence-corrected chi connectivity index (χ4v) is 7.94. The summed E-state index contributed by atoms with van der Waals surface area (Å²) in [6, 6.07) is 20.8. The SMILES string of the molecule is COC(=O)C1=C(C)C2c3ccccc3C1C1C=c3ccccc3=C(C#Cc3nc(-n4nc(C)cc4C)nc(-n4nc(C)cc4C)n3)C21. The van der Waals surface area contributed by atoms with Crippen LogP contribution in [-0.4, -0.2) is 47.6 Å². The summed E-state index contributed by atoms with van der Waals surface area (Å²) in [6.45, 7) is 9.90. The molecule has 3 heterocycles. The molecule has 4 aliphatic rings. The molecule has 5 aromatic rings. The average molecular weight is 620 g/mol. The zero-order chi connectivity index (χ0) is 32.6. The molecule has 0 aliphatic heterocycles. The third kappa shape index (κ3) is 4.47. The highest BCUT2D eigenvalue weighted by molar-refractivity contribution is 5.94. The van der Waals surface area contributed by atoms with E-state index in [1.165, 1.54) is 18.2 Å². The van der Waals surface area contributed by atoms with Gasteiger partial charge < -0.3 is 4.74 Å². The van der Waals surface area contributed by atoms with Crippen LogP contribution in [0.1, 0.15) is 58.5 Å². The Hall–Kier alpha value is -5.62. The second kappa shape index (κ2) is 10.7. The third-order valence-corrected chi connectivity index (χ3v) is 9.71. The minimum absolute atomic E-state index is 0.0264. The number of nitrogens with zero attached hydrogens (tertiary/aromatic N) is 7. The van der Waals surface area contributed by atoms with E-state index in [0.29, 0.717) is 17.7 Å². The maximum atomic E-state index is 13.3. The molecule has 2 bridgehead atoms. The Bertz CT molecular complexity index is 2300. The molecule has 2 aromatic carbocycles. The van der Waals surface area contributed by atoms with E-state index in [1.807, 2.05) is 45.9 Å². The van der Waals surface area contributed by atoms with Gasteiger partial charge in [-0.05, 0) is 80.2 Å². The van der Waals surface area contributed by atoms with Gasteiger partial charge in [-0.3, -0.25) is 0 Å². The van der Waals surface area contributed by atoms with E-state index < -0.39 is 0 Å². The highest BCUT2D eigenvalue weighted by Gasteiger charge is 2.52. The largest absolute Gasteiger partial charge is 0.466 e. The first-order valence-corrected chi connectivity index (χ1v) is 15.8. The Balaban J connectivity index is 1.34. The first kappa shape index (κ1) is 28.8. The van der Waals surface area contributed by atoms with Crippen LogP contribution in [0.3, 0.4) is 0 Å². The van der Waals surface area contributed by atoms with Crippen LogP contribution >= 0.6 is 0 Å². The number of ether oxygens (including phenoxy) is 1. The number of rotatable bonds is 3. The van der Waals surface area contributed by atoms with E-state index in [4.69, 9.17) is 19.7 Å². The number of hydrogen-bond donors (Lipinski definition) is 0. The van der Waals surface area contributed by atoms with Gasteiger partial charge in [0.2, 0.25) is 5.82 Å². The van der Waals surface area contributed by atoms with Crippen molar-refractivity contribution >= 4 is 17.6 Å². The lowest BCUT2D eigenvalue weighted by Crippen LogP contribution is -2.47. The predicted molar refractivity (Wildman–Crippen MR) is 177 cm³/mol. The van der Waals surface area contributed by atoms with Gasteiger partial charge in [-0.1, -0.05) is 66.1 Å². The van der Waals surface area contributed by atoms with Crippen molar-refractivity contribution in [2.75, 3.05) is 7.11 Å². The van der Waals surface area contributed by atoms with Gasteiger partial charge in [0.05, 0.1) is 18.5 Å². The number of hydrogen-bond acceptors (Lipinski definition) is 7. The molecule has 9 heteroatoms. The van der Waals surface area contributed by atoms with E-state index in [9.17, 15) is 4.79 Å². The number of esters is 1. The van der Waals surface area contributed by atoms with Gasteiger partial charge in [-0.2, -0.15) is 25.1 Å². The van der Waals surface area contributed by atoms with Crippen LogP contribution in [0.2, 0.25) is 0 Å². The summed E-state index contributed by atoms with van der Waals surface area (Å²) < 4.78 is 8.77. The number of aryl methyl sites for hydroxylation is 4. The lowest BCUT2D eigenvalue weighted by atomic mass is 9.52. The maximum absolute atomic E-state index is 13.3. The Labute approximate surface area is 272 Å². The zero-order valence-corrected chi connectivity index (χ0v) is 27.1. The molecule has 4 aliphatic carbocycles. The van der Waals surface area contributed by atoms with Crippen LogP contribution in [0.25, 0.3) is 23.5 Å². The van der Waals surface area contributed by atoms with Crippen molar-refractivity contribution in [1.29, 1.82) is 0 Å². The van der Waals surface area contributed by atoms with Gasteiger partial charge >= 0.3 is 5.97 Å². The molecule has 9 rings (SSSR count). The zero-order valence-electron chi connectivity index (χ0n) is 27.1. The van der Waals surface area contributed by atoms with Crippen LogP contribution in [0.15, 0.2) is 71.8 Å². The number of benzene rings is 2. The average Bonchev–Trinajstić information content (AvgIpc) is 3.60. The first-order valence-electron chi connectivity index (χ1n) is 15.8. The maximum Gasteiger partial charge on any atom is 0.334 e. The van der Waals surface area contributed by atoms with Gasteiger partial charge in [-0.25, -0.2) is 14.2 Å². The molecule has 0 fully saturated rings. The second-order valence-electron chi connectivity index (χ2n) is 12.6. The normalized spacial score (nSPS) is 20.5. The molecule has 0 amide bonds. The summed E-state index contributed by atoms with van der Waals surface area (Å²) in [4.78, 5) is 27.6. The minimum Gasteiger partial charge on any atom is -0.466 e. The van der Waals surface area contributed by atoms with Crippen molar-refractivity contribution in [2.24, 2.45) is 11.8 Å². The smallest absolute Gasteiger partial charge is 0.334 e. The molecule has 47 heavy (non-hydrogen) atoms. The van der Waals surface area contributed by atoms with E-state index in [0.717, 1.165) is 49.9 Å². The molecule has 3 aromatic heterocycles. The van der Waals surface area contributed by atoms with Crippen LogP contribution in [-0.2, 0) is 9.53 Å². The molecule has 232 valence electrons. The first-order chi connectivity index (χ1) is 22.7. The molecule has 4 unspecified atom stereocenters. The summed E-state index contributed by atoms with van der Waals surface area (Å²) in [5.41, 5.74) is 8.80. The lowest BCUT2D eigenvalue weighted by molar-refractivity contribution is -0.136. The fourth-order valence-electron chi connectivity index (χ4n) is 7.94. The number of allylic oxidation sites excluding steroid dienone is 1. The number of carbonyl (C=O) groups excluding carboxylic acids is 1. The number of fused-ring (bicyclic) bond motifs is 1. The molecule has 0 N–H and O–H groups in total. The van der Waals surface area contributed by atoms with Gasteiger partial charge in [0, 0.05) is 40.3 Å². The lowest BCUT2D eigenvalue weighted by Gasteiger charge is -2.50. The van der Waals surface area contributed by atoms with E-state index >= 15 is 0 Å². The van der Waals surface area contributed by atoms with E-state index in [1.54, 1.807) is 9.36 Å². The Morgan fingerprint density at radius 2 is 1.36 bits per heavy atom. The van der Waals surface area contributed by atoms with Crippen LogP contribution in [0, 0.1) is 51.4 Å². The monoisotopic (exact) mass is 619 g/mol. The molecule has 0 radical (unpaired) electrons. The topological polar surface area (TPSA) is 101 Å². The van der Waals surface area contributed by atoms with Crippen molar-refractivity contribution in [3.63, 3.8) is 0 Å². The number of aromatic nitrogens is 7. The van der Waals surface area contributed by atoms with Crippen LogP contribution < -0.4 is 10.4 Å². The van der Waals surface area contributed by atoms with Gasteiger partial charge in [0.15, 0.2) is 0 Å². The van der Waals surface area contributed by atoms with E-state index in [-0.39, 0.29) is 29.6 Å². The van der Waals surface area contributed by atoms with Crippen molar-refractivity contribution in [3.05, 3.63) is 122 Å². The Morgan fingerprint density at radius 3 is 1.96 bits per heavy atom. The number of carbonyl (C=O) groups is 1. The fraction of sp³-hybridized carbons (Fsp3) is 0.263. The number of methoxy groups -OCH3 is 1. The summed E-state index contributed by atoms with van der Waals surface area (Å²) in [6.07, 6.45) is 2.33. The van der Waals surface area contributed by atoms with Crippen LogP contribution in [0.5, 0.6) is 0 Å². The van der Waals surface area contributed by atoms with Crippen molar-refractivity contribution in [2.45, 2.75) is 46.5 Å². The van der Waals surface area contributed by atoms with Gasteiger partial charge in [0.1, 0.15) is 0 Å². The van der Waals surface area contributed by atoms with Crippen molar-refractivity contribution in [3.8, 4) is 23.7 Å². The highest BCUT2D eigenvalue weighted by Crippen LogP contribution is 2.61. The standard InChI is InChI=1S/C38H33N7O2/c1-20-17-22(3)44(42-20)37-39-31(40-38(41-37)45-23(4)18-21(2)43-45)16-15-29-26-12-8-7-11-25(26)19-30-34(29)32-24(5)33(36(46)47-6)35(30)28-14-10-9-13-27(28)32/h7-14,17-19,30,32,34-35H,1-6H3. The quantitative estimate of drug-likeness (QED) is 0.222. The van der Waals surface area contributed by atoms with Crippen molar-refractivity contribution in [1.82, 2.24) is 34.5 Å². The van der Waals surface area contributed by atoms with Crippen LogP contribution in [0.4, 0.5) is 0 Å². The summed E-state index contributed by atoms with van der Waals surface area (Å²) in [7, 11) is 1.46. The summed E-state index contributed by atoms with van der Waals surface area (Å²) in [5.74, 6) is 7.65. The summed E-state index contributed by atoms with van der Waals surface area (Å²) >= 11 is 0.